The molecule has 0 bridgehead atoms. The number of hydrogen-bond acceptors (Lipinski definition) is 4. The van der Waals surface area contributed by atoms with Crippen LogP contribution in [0.3, 0.4) is 0 Å². The van der Waals surface area contributed by atoms with Gasteiger partial charge in [-0.2, -0.15) is 8.78 Å². The van der Waals surface area contributed by atoms with Gasteiger partial charge in [0.1, 0.15) is 12.3 Å². The van der Waals surface area contributed by atoms with Crippen molar-refractivity contribution in [1.29, 1.82) is 0 Å². The van der Waals surface area contributed by atoms with Crippen molar-refractivity contribution in [2.45, 2.75) is 20.5 Å². The Morgan fingerprint density at radius 2 is 1.83 bits per heavy atom. The van der Waals surface area contributed by atoms with Crippen LogP contribution in [0.15, 0.2) is 12.1 Å². The summed E-state index contributed by atoms with van der Waals surface area (Å²) in [4.78, 5) is 24.4. The Balaban J connectivity index is 3.07. The van der Waals surface area contributed by atoms with Gasteiger partial charge in [-0.05, 0) is 37.1 Å². The Morgan fingerprint density at radius 3 is 2.26 bits per heavy atom. The molecule has 0 aliphatic rings. The van der Waals surface area contributed by atoms with Gasteiger partial charge in [-0.1, -0.05) is 0 Å². The van der Waals surface area contributed by atoms with Crippen LogP contribution in [-0.4, -0.2) is 55.3 Å². The molecule has 0 saturated heterocycles. The van der Waals surface area contributed by atoms with Crippen molar-refractivity contribution in [3.63, 3.8) is 0 Å². The maximum atomic E-state index is 12.4. The van der Waals surface area contributed by atoms with Gasteiger partial charge in [0, 0.05) is 19.2 Å². The standard InChI is InChI=1S/C15H19F2NO5/c1-9-6-11(7-10(2)13(9)23-15(16)17)14(21)18(4-5-22-3)8-12(19)20/h6-7,15H,4-5,8H2,1-3H3,(H,19,20). The van der Waals surface area contributed by atoms with Gasteiger partial charge >= 0.3 is 12.6 Å². The molecule has 0 atom stereocenters. The monoisotopic (exact) mass is 331 g/mol. The smallest absolute Gasteiger partial charge is 0.387 e. The third-order valence-electron chi connectivity index (χ3n) is 3.09. The van der Waals surface area contributed by atoms with Crippen molar-refractivity contribution in [3.8, 4) is 5.75 Å². The first kappa shape index (κ1) is 18.8. The molecule has 8 heteroatoms. The van der Waals surface area contributed by atoms with E-state index < -0.39 is 25.0 Å². The van der Waals surface area contributed by atoms with Crippen LogP contribution in [0.4, 0.5) is 8.78 Å². The molecule has 1 amide bonds. The van der Waals surface area contributed by atoms with Gasteiger partial charge in [0.25, 0.3) is 5.91 Å². The van der Waals surface area contributed by atoms with Crippen LogP contribution < -0.4 is 4.74 Å². The number of ether oxygens (including phenoxy) is 2. The number of aliphatic carboxylic acids is 1. The summed E-state index contributed by atoms with van der Waals surface area (Å²) in [5, 5.41) is 8.89. The average molecular weight is 331 g/mol. The van der Waals surface area contributed by atoms with Gasteiger partial charge in [0.05, 0.1) is 6.61 Å². The highest BCUT2D eigenvalue weighted by atomic mass is 19.3. The van der Waals surface area contributed by atoms with Crippen LogP contribution in [0.25, 0.3) is 0 Å². The fourth-order valence-corrected chi connectivity index (χ4v) is 2.15. The van der Waals surface area contributed by atoms with Crippen molar-refractivity contribution in [2.24, 2.45) is 0 Å². The molecule has 6 nitrogen and oxygen atoms in total. The molecule has 1 rings (SSSR count). The van der Waals surface area contributed by atoms with Crippen LogP contribution in [0, 0.1) is 13.8 Å². The molecule has 23 heavy (non-hydrogen) atoms. The molecule has 1 N–H and O–H groups in total. The second kappa shape index (κ2) is 8.42. The SMILES string of the molecule is COCCN(CC(=O)O)C(=O)c1cc(C)c(OC(F)F)c(C)c1. The van der Waals surface area contributed by atoms with Gasteiger partial charge in [0.2, 0.25) is 0 Å². The first-order chi connectivity index (χ1) is 10.8. The van der Waals surface area contributed by atoms with E-state index in [9.17, 15) is 18.4 Å². The lowest BCUT2D eigenvalue weighted by atomic mass is 10.0. The molecule has 0 aliphatic carbocycles. The Kier molecular flexibility index (Phi) is 6.89. The number of hydrogen-bond donors (Lipinski definition) is 1. The highest BCUT2D eigenvalue weighted by molar-refractivity contribution is 5.96. The number of rotatable bonds is 8. The lowest BCUT2D eigenvalue weighted by Gasteiger charge is -2.21. The number of methoxy groups -OCH3 is 1. The molecule has 0 radical (unpaired) electrons. The summed E-state index contributed by atoms with van der Waals surface area (Å²) < 4.78 is 34.0. The van der Waals surface area contributed by atoms with E-state index in [4.69, 9.17) is 9.84 Å². The summed E-state index contributed by atoms with van der Waals surface area (Å²) in [6.07, 6.45) is 0. The van der Waals surface area contributed by atoms with Crippen molar-refractivity contribution in [3.05, 3.63) is 28.8 Å². The highest BCUT2D eigenvalue weighted by Gasteiger charge is 2.21. The number of carbonyl (C=O) groups excluding carboxylic acids is 1. The van der Waals surface area contributed by atoms with Gasteiger partial charge in [-0.15, -0.1) is 0 Å². The molecule has 0 aromatic heterocycles. The molecular weight excluding hydrogens is 312 g/mol. The van der Waals surface area contributed by atoms with Crippen molar-refractivity contribution in [1.82, 2.24) is 4.90 Å². The topological polar surface area (TPSA) is 76.1 Å². The van der Waals surface area contributed by atoms with Gasteiger partial charge < -0.3 is 19.5 Å². The van der Waals surface area contributed by atoms with Crippen LogP contribution in [-0.2, 0) is 9.53 Å². The molecule has 128 valence electrons. The van der Waals surface area contributed by atoms with Gasteiger partial charge in [-0.25, -0.2) is 0 Å². The van der Waals surface area contributed by atoms with E-state index in [1.807, 2.05) is 0 Å². The number of halogens is 2. The second-order valence-electron chi connectivity index (χ2n) is 4.93. The third-order valence-corrected chi connectivity index (χ3v) is 3.09. The largest absolute Gasteiger partial charge is 0.480 e. The van der Waals surface area contributed by atoms with E-state index in [0.29, 0.717) is 11.1 Å². The zero-order valence-corrected chi connectivity index (χ0v) is 13.1. The Hall–Kier alpha value is -2.22. The maximum absolute atomic E-state index is 12.4. The average Bonchev–Trinajstić information content (AvgIpc) is 2.45. The summed E-state index contributed by atoms with van der Waals surface area (Å²) in [6, 6.07) is 2.80. The van der Waals surface area contributed by atoms with Crippen LogP contribution >= 0.6 is 0 Å². The molecule has 0 saturated carbocycles. The maximum Gasteiger partial charge on any atom is 0.387 e. The predicted molar refractivity (Wildman–Crippen MR) is 78.0 cm³/mol. The summed E-state index contributed by atoms with van der Waals surface area (Å²) >= 11 is 0. The lowest BCUT2D eigenvalue weighted by Crippen LogP contribution is -2.38. The van der Waals surface area contributed by atoms with Crippen LogP contribution in [0.5, 0.6) is 5.75 Å². The zero-order chi connectivity index (χ0) is 17.6. The van der Waals surface area contributed by atoms with Crippen LogP contribution in [0.1, 0.15) is 21.5 Å². The van der Waals surface area contributed by atoms with Crippen molar-refractivity contribution in [2.75, 3.05) is 26.8 Å². The molecule has 0 unspecified atom stereocenters. The zero-order valence-electron chi connectivity index (χ0n) is 13.1. The van der Waals surface area contributed by atoms with E-state index in [1.54, 1.807) is 0 Å². The number of carbonyl (C=O) groups is 2. The molecule has 1 aromatic carbocycles. The number of alkyl halides is 2. The minimum Gasteiger partial charge on any atom is -0.480 e. The number of aryl methyl sites for hydroxylation is 2. The number of carboxylic acid groups (broad SMARTS) is 1. The number of carboxylic acids is 1. The van der Waals surface area contributed by atoms with Gasteiger partial charge in [-0.3, -0.25) is 9.59 Å². The Morgan fingerprint density at radius 1 is 1.26 bits per heavy atom. The fraction of sp³-hybridized carbons (Fsp3) is 0.467. The van der Waals surface area contributed by atoms with E-state index in [1.165, 1.54) is 33.1 Å². The number of nitrogens with zero attached hydrogens (tertiary/aromatic N) is 1. The minimum atomic E-state index is -2.96. The second-order valence-corrected chi connectivity index (χ2v) is 4.93. The van der Waals surface area contributed by atoms with Gasteiger partial charge in [0.15, 0.2) is 0 Å². The third kappa shape index (κ3) is 5.48. The van der Waals surface area contributed by atoms with Crippen molar-refractivity contribution >= 4 is 11.9 Å². The highest BCUT2D eigenvalue weighted by Crippen LogP contribution is 2.27. The fourth-order valence-electron chi connectivity index (χ4n) is 2.15. The molecule has 0 heterocycles. The van der Waals surface area contributed by atoms with Crippen molar-refractivity contribution < 1.29 is 33.0 Å². The van der Waals surface area contributed by atoms with Crippen LogP contribution in [0.2, 0.25) is 0 Å². The van der Waals surface area contributed by atoms with E-state index >= 15 is 0 Å². The Labute approximate surface area is 132 Å². The van der Waals surface area contributed by atoms with E-state index in [-0.39, 0.29) is 24.5 Å². The summed E-state index contributed by atoms with van der Waals surface area (Å²) in [5.41, 5.74) is 0.949. The molecule has 0 aliphatic heterocycles. The number of benzene rings is 1. The quantitative estimate of drug-likeness (QED) is 0.789. The summed E-state index contributed by atoms with van der Waals surface area (Å²) in [7, 11) is 1.44. The Bertz CT molecular complexity index is 554. The lowest BCUT2D eigenvalue weighted by molar-refractivity contribution is -0.137. The normalized spacial score (nSPS) is 10.7. The first-order valence-corrected chi connectivity index (χ1v) is 6.82. The number of amides is 1. The minimum absolute atomic E-state index is 0.0122. The molecule has 0 fully saturated rings. The molecule has 0 spiro atoms. The summed E-state index contributed by atoms with van der Waals surface area (Å²) in [5.74, 6) is -1.65. The van der Waals surface area contributed by atoms with E-state index in [0.717, 1.165) is 4.90 Å². The molecular formula is C15H19F2NO5. The molecule has 1 aromatic rings. The predicted octanol–water partition coefficient (Wildman–Crippen LogP) is 2.08. The first-order valence-electron chi connectivity index (χ1n) is 6.82. The van der Waals surface area contributed by atoms with E-state index in [2.05, 4.69) is 4.74 Å². The summed E-state index contributed by atoms with van der Waals surface area (Å²) in [6.45, 7) is -0.0657.